The summed E-state index contributed by atoms with van der Waals surface area (Å²) in [6, 6.07) is 3.64. The van der Waals surface area contributed by atoms with E-state index < -0.39 is 17.8 Å². The number of alkyl halides is 1. The zero-order chi connectivity index (χ0) is 18.3. The first-order valence-corrected chi connectivity index (χ1v) is 9.31. The summed E-state index contributed by atoms with van der Waals surface area (Å²) >= 11 is 13.1. The van der Waals surface area contributed by atoms with Gasteiger partial charge in [0.1, 0.15) is 11.9 Å². The van der Waals surface area contributed by atoms with Crippen molar-refractivity contribution in [3.63, 3.8) is 0 Å². The Labute approximate surface area is 166 Å². The number of hydrogen-bond acceptors (Lipinski definition) is 4. The number of guanidine groups is 1. The van der Waals surface area contributed by atoms with Crippen molar-refractivity contribution in [2.45, 2.75) is 24.2 Å². The topological polar surface area (TPSA) is 103 Å². The molecular weight excluding hydrogens is 479 g/mol. The molecule has 0 spiro atoms. The Morgan fingerprint density at radius 3 is 2.64 bits per heavy atom. The Bertz CT molecular complexity index is 759. The number of nitrogens with zero attached hydrogens (tertiary/aromatic N) is 2. The number of methoxy groups -OCH3 is 1. The highest BCUT2D eigenvalue weighted by Crippen LogP contribution is 2.39. The molecule has 0 aliphatic carbocycles. The Morgan fingerprint density at radius 1 is 1.44 bits per heavy atom. The van der Waals surface area contributed by atoms with E-state index in [9.17, 15) is 4.79 Å². The van der Waals surface area contributed by atoms with Gasteiger partial charge in [-0.25, -0.2) is 4.99 Å². The van der Waals surface area contributed by atoms with Crippen LogP contribution in [-0.4, -0.2) is 41.6 Å². The van der Waals surface area contributed by atoms with Crippen molar-refractivity contribution in [1.29, 1.82) is 0 Å². The highest BCUT2D eigenvalue weighted by atomic mass is 79.9. The predicted molar refractivity (Wildman–Crippen MR) is 102 cm³/mol. The van der Waals surface area contributed by atoms with Gasteiger partial charge in [-0.2, -0.15) is 0 Å². The van der Waals surface area contributed by atoms with Crippen LogP contribution in [0.15, 0.2) is 31.8 Å². The molecule has 2 saturated heterocycles. The lowest BCUT2D eigenvalue weighted by Crippen LogP contribution is -2.37. The number of carbonyl (C=O) groups excluding carboxylic acids is 1. The molecule has 1 aromatic carbocycles. The molecule has 2 aliphatic heterocycles. The second kappa shape index (κ2) is 7.05. The lowest BCUT2D eigenvalue weighted by molar-refractivity contribution is -0.126. The van der Waals surface area contributed by atoms with E-state index in [-0.39, 0.29) is 17.6 Å². The second-order valence-electron chi connectivity index (χ2n) is 5.53. The summed E-state index contributed by atoms with van der Waals surface area (Å²) in [5.74, 6) is 0.458. The third-order valence-electron chi connectivity index (χ3n) is 3.85. The number of ether oxygens (including phenoxy) is 2. The lowest BCUT2D eigenvalue weighted by atomic mass is 10.2. The van der Waals surface area contributed by atoms with Gasteiger partial charge in [0.25, 0.3) is 5.91 Å². The highest BCUT2D eigenvalue weighted by Gasteiger charge is 2.51. The van der Waals surface area contributed by atoms with Crippen LogP contribution >= 0.6 is 43.5 Å². The van der Waals surface area contributed by atoms with Gasteiger partial charge in [-0.3, -0.25) is 9.69 Å². The minimum atomic E-state index is -0.585. The number of rotatable bonds is 3. The van der Waals surface area contributed by atoms with Crippen molar-refractivity contribution in [3.05, 3.63) is 32.4 Å². The van der Waals surface area contributed by atoms with Crippen LogP contribution in [0.5, 0.6) is 5.75 Å². The molecule has 1 amide bonds. The molecule has 3 rings (SSSR count). The summed E-state index contributed by atoms with van der Waals surface area (Å²) < 4.78 is 12.5. The van der Waals surface area contributed by atoms with Gasteiger partial charge in [-0.05, 0) is 55.6 Å². The SMILES string of the molecule is COc1c(Br)cc(C=C2O[C@H]3[C@@H](Cl)C[C@H](N=C(N)N)N3C2=O)cc1Br. The van der Waals surface area contributed by atoms with Crippen molar-refractivity contribution in [1.82, 2.24) is 4.90 Å². The van der Waals surface area contributed by atoms with Crippen LogP contribution in [0.1, 0.15) is 12.0 Å². The van der Waals surface area contributed by atoms with Crippen LogP contribution in [-0.2, 0) is 9.53 Å². The maximum absolute atomic E-state index is 12.7. The number of benzene rings is 1. The number of carbonyl (C=O) groups is 1. The molecule has 1 aromatic rings. The average molecular weight is 495 g/mol. The maximum atomic E-state index is 12.7. The fourth-order valence-electron chi connectivity index (χ4n) is 2.86. The van der Waals surface area contributed by atoms with Gasteiger partial charge in [0, 0.05) is 6.42 Å². The molecule has 0 saturated carbocycles. The van der Waals surface area contributed by atoms with Gasteiger partial charge >= 0.3 is 0 Å². The van der Waals surface area contributed by atoms with Crippen molar-refractivity contribution < 1.29 is 14.3 Å². The first-order valence-electron chi connectivity index (χ1n) is 7.28. The van der Waals surface area contributed by atoms with E-state index in [1.165, 1.54) is 4.90 Å². The maximum Gasteiger partial charge on any atom is 0.293 e. The number of halogens is 3. The number of aliphatic imine (C=N–C) groups is 1. The minimum absolute atomic E-state index is 0.0947. The molecule has 2 fully saturated rings. The quantitative estimate of drug-likeness (QED) is 0.291. The normalized spacial score (nSPS) is 26.6. The number of fused-ring (bicyclic) bond motifs is 1. The highest BCUT2D eigenvalue weighted by molar-refractivity contribution is 9.11. The van der Waals surface area contributed by atoms with Crippen molar-refractivity contribution in [3.8, 4) is 5.75 Å². The zero-order valence-electron chi connectivity index (χ0n) is 13.1. The number of amides is 1. The largest absolute Gasteiger partial charge is 0.494 e. The summed E-state index contributed by atoms with van der Waals surface area (Å²) in [6.45, 7) is 0. The summed E-state index contributed by atoms with van der Waals surface area (Å²) in [7, 11) is 1.57. The minimum Gasteiger partial charge on any atom is -0.494 e. The first kappa shape index (κ1) is 18.3. The molecule has 134 valence electrons. The van der Waals surface area contributed by atoms with Gasteiger partial charge in [0.2, 0.25) is 0 Å². The van der Waals surface area contributed by atoms with Crippen LogP contribution in [0.25, 0.3) is 6.08 Å². The second-order valence-corrected chi connectivity index (χ2v) is 7.80. The fourth-order valence-corrected chi connectivity index (χ4v) is 4.73. The van der Waals surface area contributed by atoms with E-state index in [0.29, 0.717) is 12.2 Å². The first-order chi connectivity index (χ1) is 11.8. The van der Waals surface area contributed by atoms with Crippen LogP contribution in [0.4, 0.5) is 0 Å². The van der Waals surface area contributed by atoms with E-state index in [0.717, 1.165) is 14.5 Å². The summed E-state index contributed by atoms with van der Waals surface area (Å²) in [5.41, 5.74) is 11.6. The zero-order valence-corrected chi connectivity index (χ0v) is 17.0. The monoisotopic (exact) mass is 492 g/mol. The van der Waals surface area contributed by atoms with E-state index in [4.69, 9.17) is 32.5 Å². The molecule has 0 radical (unpaired) electrons. The van der Waals surface area contributed by atoms with Gasteiger partial charge in [-0.15, -0.1) is 11.6 Å². The number of hydrogen-bond donors (Lipinski definition) is 2. The van der Waals surface area contributed by atoms with E-state index >= 15 is 0 Å². The molecular formula is C15H15Br2ClN4O3. The molecule has 4 N–H and O–H groups in total. The molecule has 25 heavy (non-hydrogen) atoms. The van der Waals surface area contributed by atoms with Crippen molar-refractivity contribution in [2.24, 2.45) is 16.5 Å². The fraction of sp³-hybridized carbons (Fsp3) is 0.333. The number of nitrogens with two attached hydrogens (primary N) is 2. The molecule has 7 nitrogen and oxygen atoms in total. The molecule has 2 aliphatic rings. The molecule has 0 aromatic heterocycles. The van der Waals surface area contributed by atoms with Crippen LogP contribution in [0, 0.1) is 0 Å². The Balaban J connectivity index is 1.92. The smallest absolute Gasteiger partial charge is 0.293 e. The van der Waals surface area contributed by atoms with Gasteiger partial charge < -0.3 is 20.9 Å². The van der Waals surface area contributed by atoms with Crippen LogP contribution < -0.4 is 16.2 Å². The van der Waals surface area contributed by atoms with Gasteiger partial charge in [0.05, 0.1) is 21.4 Å². The van der Waals surface area contributed by atoms with Gasteiger partial charge in [-0.1, -0.05) is 0 Å². The Kier molecular flexibility index (Phi) is 5.17. The molecule has 2 heterocycles. The van der Waals surface area contributed by atoms with Crippen LogP contribution in [0.3, 0.4) is 0 Å². The lowest BCUT2D eigenvalue weighted by Gasteiger charge is -2.17. The van der Waals surface area contributed by atoms with E-state index in [2.05, 4.69) is 36.9 Å². The predicted octanol–water partition coefficient (Wildman–Crippen LogP) is 2.36. The Hall–Kier alpha value is -1.45. The molecule has 10 heteroatoms. The molecule has 0 unspecified atom stereocenters. The summed E-state index contributed by atoms with van der Waals surface area (Å²) in [5, 5.41) is -0.391. The molecule has 0 bridgehead atoms. The van der Waals surface area contributed by atoms with Gasteiger partial charge in [0.15, 0.2) is 17.9 Å². The Morgan fingerprint density at radius 2 is 2.08 bits per heavy atom. The van der Waals surface area contributed by atoms with Crippen molar-refractivity contribution in [2.75, 3.05) is 7.11 Å². The average Bonchev–Trinajstić information content (AvgIpc) is 2.98. The van der Waals surface area contributed by atoms with Crippen LogP contribution in [0.2, 0.25) is 0 Å². The summed E-state index contributed by atoms with van der Waals surface area (Å²) in [6.07, 6.45) is 0.970. The third kappa shape index (κ3) is 3.45. The van der Waals surface area contributed by atoms with Crippen molar-refractivity contribution >= 4 is 61.4 Å². The van der Waals surface area contributed by atoms with E-state index in [1.54, 1.807) is 13.2 Å². The standard InChI is InChI=1S/C15H15Br2ClN4O3/c1-24-12-7(16)2-6(3-8(12)17)4-10-13(23)22-11(21-15(19)20)5-9(18)14(22)25-10/h2-4,9,11,14H,5H2,1H3,(H4,19,20,21)/t9-,11+,14-/m0/s1. The summed E-state index contributed by atoms with van der Waals surface area (Å²) in [4.78, 5) is 18.2. The molecule has 3 atom stereocenters. The van der Waals surface area contributed by atoms with E-state index in [1.807, 2.05) is 12.1 Å². The third-order valence-corrected chi connectivity index (χ3v) is 5.43.